The molecule has 0 amide bonds. The lowest BCUT2D eigenvalue weighted by molar-refractivity contribution is 1.64. The molecular formula is C6H5Br2N. The van der Waals surface area contributed by atoms with Gasteiger partial charge in [0.05, 0.1) is 5.69 Å². The molecule has 0 aliphatic heterocycles. The Morgan fingerprint density at radius 2 is 1.89 bits per heavy atom. The van der Waals surface area contributed by atoms with Crippen LogP contribution in [0.15, 0.2) is 28.7 Å². The van der Waals surface area contributed by atoms with Gasteiger partial charge in [0.25, 0.3) is 0 Å². The Hall–Kier alpha value is -0.0200. The van der Waals surface area contributed by atoms with Crippen LogP contribution in [-0.2, 0) is 0 Å². The van der Waals surface area contributed by atoms with E-state index in [1.807, 2.05) is 24.3 Å². The molecule has 0 spiro atoms. The molecule has 0 atom stereocenters. The number of anilines is 1. The molecule has 1 aromatic rings. The summed E-state index contributed by atoms with van der Waals surface area (Å²) < 4.78 is 3.92. The van der Waals surface area contributed by atoms with Crippen LogP contribution in [0.1, 0.15) is 0 Å². The van der Waals surface area contributed by atoms with Gasteiger partial charge in [-0.05, 0) is 28.1 Å². The molecule has 3 heteroatoms. The van der Waals surface area contributed by atoms with E-state index in [4.69, 9.17) is 0 Å². The van der Waals surface area contributed by atoms with Crippen LogP contribution in [0, 0.1) is 0 Å². The van der Waals surface area contributed by atoms with Crippen LogP contribution in [0.3, 0.4) is 0 Å². The predicted molar refractivity (Wildman–Crippen MR) is 46.7 cm³/mol. The lowest BCUT2D eigenvalue weighted by Crippen LogP contribution is -1.78. The minimum atomic E-state index is 1.04. The Balaban J connectivity index is 3.01. The Morgan fingerprint density at radius 1 is 1.22 bits per heavy atom. The second-order valence-electron chi connectivity index (χ2n) is 1.57. The molecule has 0 aliphatic carbocycles. The normalized spacial score (nSPS) is 9.11. The van der Waals surface area contributed by atoms with E-state index >= 15 is 0 Å². The molecule has 48 valence electrons. The Bertz CT molecular complexity index is 200. The number of hydrogen-bond donors (Lipinski definition) is 1. The number of para-hydroxylation sites is 1. The third-order valence-electron chi connectivity index (χ3n) is 0.976. The topological polar surface area (TPSA) is 12.0 Å². The van der Waals surface area contributed by atoms with Gasteiger partial charge in [-0.2, -0.15) is 0 Å². The highest BCUT2D eigenvalue weighted by Gasteiger charge is 1.91. The smallest absolute Gasteiger partial charge is 0.0583 e. The average molecular weight is 251 g/mol. The Labute approximate surface area is 70.9 Å². The monoisotopic (exact) mass is 249 g/mol. The summed E-state index contributed by atoms with van der Waals surface area (Å²) >= 11 is 6.49. The molecule has 0 bridgehead atoms. The van der Waals surface area contributed by atoms with E-state index in [0.29, 0.717) is 0 Å². The molecule has 9 heavy (non-hydrogen) atoms. The molecule has 0 fully saturated rings. The molecular weight excluding hydrogens is 246 g/mol. The molecule has 1 nitrogen and oxygen atoms in total. The zero-order valence-electron chi connectivity index (χ0n) is 4.57. The van der Waals surface area contributed by atoms with Crippen LogP contribution in [0.2, 0.25) is 0 Å². The number of nitrogens with one attached hydrogen (secondary N) is 1. The molecule has 1 N–H and O–H groups in total. The van der Waals surface area contributed by atoms with Crippen molar-refractivity contribution in [3.63, 3.8) is 0 Å². The number of hydrogen-bond acceptors (Lipinski definition) is 1. The van der Waals surface area contributed by atoms with Crippen molar-refractivity contribution in [3.05, 3.63) is 28.7 Å². The zero-order valence-corrected chi connectivity index (χ0v) is 7.74. The number of rotatable bonds is 1. The first kappa shape index (κ1) is 7.09. The predicted octanol–water partition coefficient (Wildman–Crippen LogP) is 3.17. The molecule has 1 aromatic carbocycles. The fraction of sp³-hybridized carbons (Fsp3) is 0. The van der Waals surface area contributed by atoms with Gasteiger partial charge in [-0.15, -0.1) is 0 Å². The maximum Gasteiger partial charge on any atom is 0.0583 e. The third-order valence-corrected chi connectivity index (χ3v) is 2.09. The van der Waals surface area contributed by atoms with Crippen LogP contribution in [0.4, 0.5) is 5.69 Å². The molecule has 1 rings (SSSR count). The molecule has 0 heterocycles. The first-order valence-corrected chi connectivity index (χ1v) is 4.04. The van der Waals surface area contributed by atoms with Crippen LogP contribution in [0.25, 0.3) is 0 Å². The average Bonchev–Trinajstić information content (AvgIpc) is 1.89. The molecule has 0 saturated carbocycles. The highest BCUT2D eigenvalue weighted by Crippen LogP contribution is 2.21. The standard InChI is InChI=1S/C6H5Br2N/c7-5-3-1-2-4-6(5)9-8/h1-4,9H. The van der Waals surface area contributed by atoms with Crippen LogP contribution in [-0.4, -0.2) is 0 Å². The van der Waals surface area contributed by atoms with E-state index in [2.05, 4.69) is 36.4 Å². The van der Waals surface area contributed by atoms with E-state index in [1.165, 1.54) is 0 Å². The van der Waals surface area contributed by atoms with E-state index < -0.39 is 0 Å². The van der Waals surface area contributed by atoms with Gasteiger partial charge in [0.1, 0.15) is 0 Å². The van der Waals surface area contributed by atoms with Crippen molar-refractivity contribution in [2.24, 2.45) is 0 Å². The van der Waals surface area contributed by atoms with Crippen molar-refractivity contribution >= 4 is 37.8 Å². The van der Waals surface area contributed by atoms with Gasteiger partial charge in [0.15, 0.2) is 0 Å². The van der Waals surface area contributed by atoms with Crippen LogP contribution in [0.5, 0.6) is 0 Å². The van der Waals surface area contributed by atoms with Crippen molar-refractivity contribution in [1.82, 2.24) is 0 Å². The summed E-state index contributed by atoms with van der Waals surface area (Å²) in [4.78, 5) is 0. The highest BCUT2D eigenvalue weighted by molar-refractivity contribution is 9.11. The second kappa shape index (κ2) is 3.22. The quantitative estimate of drug-likeness (QED) is 0.755. The second-order valence-corrected chi connectivity index (χ2v) is 2.83. The minimum Gasteiger partial charge on any atom is -0.321 e. The summed E-state index contributed by atoms with van der Waals surface area (Å²) in [7, 11) is 0. The maximum absolute atomic E-state index is 3.36. The Kier molecular flexibility index (Phi) is 2.54. The summed E-state index contributed by atoms with van der Waals surface area (Å²) in [6.07, 6.45) is 0. The van der Waals surface area contributed by atoms with Crippen LogP contribution < -0.4 is 4.34 Å². The number of benzene rings is 1. The fourth-order valence-corrected chi connectivity index (χ4v) is 1.53. The van der Waals surface area contributed by atoms with Gasteiger partial charge in [-0.25, -0.2) is 0 Å². The van der Waals surface area contributed by atoms with Crippen molar-refractivity contribution in [2.75, 3.05) is 4.34 Å². The Morgan fingerprint density at radius 3 is 2.33 bits per heavy atom. The van der Waals surface area contributed by atoms with Gasteiger partial charge in [-0.3, -0.25) is 0 Å². The maximum atomic E-state index is 3.36. The van der Waals surface area contributed by atoms with Gasteiger partial charge < -0.3 is 4.34 Å². The fourth-order valence-electron chi connectivity index (χ4n) is 0.538. The summed E-state index contributed by atoms with van der Waals surface area (Å²) in [5.74, 6) is 0. The van der Waals surface area contributed by atoms with E-state index in [1.54, 1.807) is 0 Å². The van der Waals surface area contributed by atoms with Crippen molar-refractivity contribution < 1.29 is 0 Å². The lowest BCUT2D eigenvalue weighted by atomic mass is 10.3. The molecule has 0 radical (unpaired) electrons. The van der Waals surface area contributed by atoms with Gasteiger partial charge >= 0.3 is 0 Å². The van der Waals surface area contributed by atoms with E-state index in [9.17, 15) is 0 Å². The zero-order chi connectivity index (χ0) is 6.69. The molecule has 0 saturated heterocycles. The van der Waals surface area contributed by atoms with E-state index in [0.717, 1.165) is 10.2 Å². The minimum absolute atomic E-state index is 1.04. The first-order valence-electron chi connectivity index (χ1n) is 2.46. The first-order chi connectivity index (χ1) is 4.34. The summed E-state index contributed by atoms with van der Waals surface area (Å²) in [6, 6.07) is 7.88. The molecule has 0 aromatic heterocycles. The van der Waals surface area contributed by atoms with Crippen LogP contribution >= 0.6 is 32.1 Å². The van der Waals surface area contributed by atoms with Crippen molar-refractivity contribution in [3.8, 4) is 0 Å². The van der Waals surface area contributed by atoms with Gasteiger partial charge in [0, 0.05) is 20.6 Å². The number of halogens is 2. The van der Waals surface area contributed by atoms with Crippen molar-refractivity contribution in [1.29, 1.82) is 0 Å². The van der Waals surface area contributed by atoms with E-state index in [-0.39, 0.29) is 0 Å². The van der Waals surface area contributed by atoms with Gasteiger partial charge in [0.2, 0.25) is 0 Å². The third kappa shape index (κ3) is 1.69. The highest BCUT2D eigenvalue weighted by atomic mass is 79.9. The van der Waals surface area contributed by atoms with Crippen molar-refractivity contribution in [2.45, 2.75) is 0 Å². The summed E-state index contributed by atoms with van der Waals surface area (Å²) in [5, 5.41) is 0. The molecule has 0 aliphatic rings. The largest absolute Gasteiger partial charge is 0.321 e. The lowest BCUT2D eigenvalue weighted by Gasteiger charge is -1.97. The summed E-state index contributed by atoms with van der Waals surface area (Å²) in [5.41, 5.74) is 1.04. The van der Waals surface area contributed by atoms with Gasteiger partial charge in [-0.1, -0.05) is 12.1 Å². The summed E-state index contributed by atoms with van der Waals surface area (Å²) in [6.45, 7) is 0. The SMILES string of the molecule is BrNc1ccccc1Br. The molecule has 0 unspecified atom stereocenters.